The van der Waals surface area contributed by atoms with Gasteiger partial charge in [-0.3, -0.25) is 4.90 Å². The van der Waals surface area contributed by atoms with Crippen LogP contribution in [-0.2, 0) is 0 Å². The quantitative estimate of drug-likeness (QED) is 0.881. The van der Waals surface area contributed by atoms with Crippen molar-refractivity contribution < 1.29 is 0 Å². The van der Waals surface area contributed by atoms with Crippen LogP contribution in [0.25, 0.3) is 0 Å². The number of nitrogens with zero attached hydrogens (tertiary/aromatic N) is 1. The van der Waals surface area contributed by atoms with Crippen LogP contribution in [0.2, 0.25) is 0 Å². The molecule has 2 nitrogen and oxygen atoms in total. The van der Waals surface area contributed by atoms with Gasteiger partial charge >= 0.3 is 0 Å². The van der Waals surface area contributed by atoms with Gasteiger partial charge in [0.05, 0.1) is 0 Å². The summed E-state index contributed by atoms with van der Waals surface area (Å²) in [7, 11) is 0. The molecule has 1 saturated carbocycles. The summed E-state index contributed by atoms with van der Waals surface area (Å²) in [5.41, 5.74) is 1.48. The first-order valence-corrected chi connectivity index (χ1v) is 8.37. The molecule has 0 radical (unpaired) electrons. The summed E-state index contributed by atoms with van der Waals surface area (Å²) in [6, 6.07) is 13.2. The molecule has 2 aliphatic rings. The van der Waals surface area contributed by atoms with Crippen molar-refractivity contribution in [3.63, 3.8) is 0 Å². The van der Waals surface area contributed by atoms with E-state index in [2.05, 4.69) is 54.4 Å². The summed E-state index contributed by atoms with van der Waals surface area (Å²) in [4.78, 5) is 2.81. The highest BCUT2D eigenvalue weighted by Gasteiger charge is 2.45. The number of hydrogen-bond donors (Lipinski definition) is 1. The lowest BCUT2D eigenvalue weighted by Gasteiger charge is -2.41. The number of nitrogens with one attached hydrogen (secondary N) is 1. The van der Waals surface area contributed by atoms with Crippen molar-refractivity contribution in [3.05, 3.63) is 35.9 Å². The fourth-order valence-electron chi connectivity index (χ4n) is 3.81. The Labute approximate surface area is 123 Å². The lowest BCUT2D eigenvalue weighted by atomic mass is 9.99. The van der Waals surface area contributed by atoms with E-state index in [1.807, 2.05) is 0 Å². The SMILES string of the molecule is CCCC1CN(C2CC2CC)C(c2ccccc2)CN1. The molecule has 2 heteroatoms. The van der Waals surface area contributed by atoms with Crippen molar-refractivity contribution in [2.45, 2.75) is 57.7 Å². The van der Waals surface area contributed by atoms with E-state index >= 15 is 0 Å². The van der Waals surface area contributed by atoms with E-state index in [1.165, 1.54) is 37.8 Å². The molecule has 20 heavy (non-hydrogen) atoms. The van der Waals surface area contributed by atoms with Crippen molar-refractivity contribution in [1.29, 1.82) is 0 Å². The zero-order valence-corrected chi connectivity index (χ0v) is 12.9. The van der Waals surface area contributed by atoms with Gasteiger partial charge in [0.15, 0.2) is 0 Å². The fourth-order valence-corrected chi connectivity index (χ4v) is 3.81. The Kier molecular flexibility index (Phi) is 4.42. The van der Waals surface area contributed by atoms with E-state index in [1.54, 1.807) is 0 Å². The standard InChI is InChI=1S/C18H28N2/c1-3-8-16-13-20(17-11-14(17)4-2)18(12-19-16)15-9-6-5-7-10-15/h5-7,9-10,14,16-19H,3-4,8,11-13H2,1-2H3. The van der Waals surface area contributed by atoms with Gasteiger partial charge in [-0.1, -0.05) is 57.0 Å². The monoisotopic (exact) mass is 272 g/mol. The third-order valence-corrected chi connectivity index (χ3v) is 5.09. The van der Waals surface area contributed by atoms with Crippen LogP contribution in [0.1, 0.15) is 51.1 Å². The molecule has 1 aliphatic carbocycles. The Morgan fingerprint density at radius 2 is 2.00 bits per heavy atom. The van der Waals surface area contributed by atoms with Crippen molar-refractivity contribution in [3.8, 4) is 0 Å². The molecule has 0 spiro atoms. The predicted octanol–water partition coefficient (Wildman–Crippen LogP) is 3.60. The first-order chi connectivity index (χ1) is 9.83. The van der Waals surface area contributed by atoms with Crippen molar-refractivity contribution in [1.82, 2.24) is 10.2 Å². The molecule has 4 atom stereocenters. The van der Waals surface area contributed by atoms with Crippen molar-refractivity contribution in [2.24, 2.45) is 5.92 Å². The third kappa shape index (κ3) is 2.91. The minimum absolute atomic E-state index is 0.575. The van der Waals surface area contributed by atoms with E-state index in [9.17, 15) is 0 Å². The van der Waals surface area contributed by atoms with Gasteiger partial charge in [-0.05, 0) is 24.3 Å². The predicted molar refractivity (Wildman–Crippen MR) is 84.8 cm³/mol. The van der Waals surface area contributed by atoms with Crippen LogP contribution >= 0.6 is 0 Å². The maximum absolute atomic E-state index is 3.77. The Morgan fingerprint density at radius 3 is 2.65 bits per heavy atom. The van der Waals surface area contributed by atoms with Gasteiger partial charge in [0.25, 0.3) is 0 Å². The average molecular weight is 272 g/mol. The van der Waals surface area contributed by atoms with Crippen LogP contribution in [0, 0.1) is 5.92 Å². The molecule has 4 unspecified atom stereocenters. The van der Waals surface area contributed by atoms with E-state index in [4.69, 9.17) is 0 Å². The van der Waals surface area contributed by atoms with Crippen LogP contribution in [0.5, 0.6) is 0 Å². The molecular formula is C18H28N2. The molecule has 1 N–H and O–H groups in total. The zero-order chi connectivity index (χ0) is 13.9. The molecule has 1 heterocycles. The molecule has 3 rings (SSSR count). The molecule has 1 aliphatic heterocycles. The van der Waals surface area contributed by atoms with Gasteiger partial charge in [0.2, 0.25) is 0 Å². The second kappa shape index (κ2) is 6.28. The number of hydrogen-bond acceptors (Lipinski definition) is 2. The Balaban J connectivity index is 1.74. The average Bonchev–Trinajstić information content (AvgIpc) is 3.28. The molecule has 0 aromatic heterocycles. The molecule has 110 valence electrons. The minimum atomic E-state index is 0.575. The van der Waals surface area contributed by atoms with E-state index in [-0.39, 0.29) is 0 Å². The molecule has 1 aromatic carbocycles. The summed E-state index contributed by atoms with van der Waals surface area (Å²) >= 11 is 0. The molecule has 2 fully saturated rings. The first-order valence-electron chi connectivity index (χ1n) is 8.37. The zero-order valence-electron chi connectivity index (χ0n) is 12.9. The highest BCUT2D eigenvalue weighted by atomic mass is 15.3. The Hall–Kier alpha value is -0.860. The number of benzene rings is 1. The van der Waals surface area contributed by atoms with Crippen LogP contribution in [-0.4, -0.2) is 30.1 Å². The fraction of sp³-hybridized carbons (Fsp3) is 0.667. The summed E-state index contributed by atoms with van der Waals surface area (Å²) in [6.07, 6.45) is 5.35. The van der Waals surface area contributed by atoms with Gasteiger partial charge in [0, 0.05) is 31.2 Å². The van der Waals surface area contributed by atoms with Crippen LogP contribution in [0.4, 0.5) is 0 Å². The van der Waals surface area contributed by atoms with Crippen LogP contribution in [0.15, 0.2) is 30.3 Å². The van der Waals surface area contributed by atoms with Crippen LogP contribution < -0.4 is 5.32 Å². The summed E-state index contributed by atoms with van der Waals surface area (Å²) in [5, 5.41) is 3.77. The molecular weight excluding hydrogens is 244 g/mol. The lowest BCUT2D eigenvalue weighted by Crippen LogP contribution is -2.53. The maximum atomic E-state index is 3.77. The Bertz CT molecular complexity index is 417. The van der Waals surface area contributed by atoms with Crippen molar-refractivity contribution >= 4 is 0 Å². The highest BCUT2D eigenvalue weighted by Crippen LogP contribution is 2.43. The maximum Gasteiger partial charge on any atom is 0.0476 e. The summed E-state index contributed by atoms with van der Waals surface area (Å²) in [5.74, 6) is 0.946. The smallest absolute Gasteiger partial charge is 0.0476 e. The normalized spacial score (nSPS) is 34.1. The minimum Gasteiger partial charge on any atom is -0.311 e. The highest BCUT2D eigenvalue weighted by molar-refractivity contribution is 5.21. The van der Waals surface area contributed by atoms with Crippen molar-refractivity contribution in [2.75, 3.05) is 13.1 Å². The molecule has 1 aromatic rings. The number of piperazine rings is 1. The van der Waals surface area contributed by atoms with Crippen LogP contribution in [0.3, 0.4) is 0 Å². The molecule has 0 bridgehead atoms. The number of rotatable bonds is 5. The first kappa shape index (κ1) is 14.1. The van der Waals surface area contributed by atoms with E-state index in [0.717, 1.165) is 18.5 Å². The lowest BCUT2D eigenvalue weighted by molar-refractivity contribution is 0.111. The second-order valence-corrected chi connectivity index (χ2v) is 6.49. The van der Waals surface area contributed by atoms with E-state index < -0.39 is 0 Å². The summed E-state index contributed by atoms with van der Waals surface area (Å²) in [6.45, 7) is 6.98. The van der Waals surface area contributed by atoms with E-state index in [0.29, 0.717) is 12.1 Å². The second-order valence-electron chi connectivity index (χ2n) is 6.49. The Morgan fingerprint density at radius 1 is 1.20 bits per heavy atom. The molecule has 1 saturated heterocycles. The largest absolute Gasteiger partial charge is 0.311 e. The van der Waals surface area contributed by atoms with Gasteiger partial charge in [-0.2, -0.15) is 0 Å². The topological polar surface area (TPSA) is 15.3 Å². The van der Waals surface area contributed by atoms with Gasteiger partial charge in [-0.25, -0.2) is 0 Å². The van der Waals surface area contributed by atoms with Gasteiger partial charge in [0.1, 0.15) is 0 Å². The molecule has 0 amide bonds. The third-order valence-electron chi connectivity index (χ3n) is 5.09. The van der Waals surface area contributed by atoms with Gasteiger partial charge in [-0.15, -0.1) is 0 Å². The van der Waals surface area contributed by atoms with Gasteiger partial charge < -0.3 is 5.32 Å². The summed E-state index contributed by atoms with van der Waals surface area (Å²) < 4.78 is 0.